The topological polar surface area (TPSA) is 108 Å². The summed E-state index contributed by atoms with van der Waals surface area (Å²) in [5.74, 6) is -1.27. The van der Waals surface area contributed by atoms with Crippen molar-refractivity contribution in [3.8, 4) is 0 Å². The lowest BCUT2D eigenvalue weighted by molar-refractivity contribution is -0.140. The molecule has 1 aliphatic heterocycles. The second-order valence-electron chi connectivity index (χ2n) is 4.03. The van der Waals surface area contributed by atoms with Crippen LogP contribution in [-0.2, 0) is 9.53 Å². The molecule has 3 atom stereocenters. The van der Waals surface area contributed by atoms with Crippen molar-refractivity contribution < 1.29 is 24.5 Å². The molecule has 4 N–H and O–H groups in total. The Morgan fingerprint density at radius 2 is 2.18 bits per heavy atom. The maximum Gasteiger partial charge on any atom is 0.328 e. The third-order valence-corrected chi connectivity index (χ3v) is 2.67. The van der Waals surface area contributed by atoms with Gasteiger partial charge in [0.2, 0.25) is 0 Å². The smallest absolute Gasteiger partial charge is 0.328 e. The summed E-state index contributed by atoms with van der Waals surface area (Å²) in [5, 5.41) is 22.1. The van der Waals surface area contributed by atoms with Gasteiger partial charge in [0.05, 0.1) is 18.8 Å². The van der Waals surface area contributed by atoms with Crippen LogP contribution in [-0.4, -0.2) is 53.6 Å². The SMILES string of the molecule is CC(NC(=O)N[C@H](CO)C(=O)O)C1CCCO1. The van der Waals surface area contributed by atoms with Crippen LogP contribution in [0.5, 0.6) is 0 Å². The van der Waals surface area contributed by atoms with E-state index in [0.717, 1.165) is 12.8 Å². The zero-order chi connectivity index (χ0) is 12.8. The number of urea groups is 1. The molecule has 0 saturated carbocycles. The van der Waals surface area contributed by atoms with Crippen LogP contribution >= 0.6 is 0 Å². The molecule has 2 amide bonds. The normalized spacial score (nSPS) is 22.8. The second kappa shape index (κ2) is 6.41. The van der Waals surface area contributed by atoms with E-state index in [0.29, 0.717) is 6.61 Å². The van der Waals surface area contributed by atoms with Crippen molar-refractivity contribution in [1.82, 2.24) is 10.6 Å². The standard InChI is InChI=1S/C10H18N2O5/c1-6(8-3-2-4-17-8)11-10(16)12-7(5-13)9(14)15/h6-8,13H,2-5H2,1H3,(H,14,15)(H2,11,12,16)/t6?,7-,8?/m1/s1. The lowest BCUT2D eigenvalue weighted by atomic mass is 10.1. The highest BCUT2D eigenvalue weighted by atomic mass is 16.5. The van der Waals surface area contributed by atoms with Gasteiger partial charge in [0.1, 0.15) is 0 Å². The van der Waals surface area contributed by atoms with Gasteiger partial charge in [-0.05, 0) is 19.8 Å². The number of carboxylic acids is 1. The predicted octanol–water partition coefficient (Wildman–Crippen LogP) is -0.701. The molecule has 1 saturated heterocycles. The van der Waals surface area contributed by atoms with Crippen molar-refractivity contribution in [3.05, 3.63) is 0 Å². The van der Waals surface area contributed by atoms with E-state index in [9.17, 15) is 9.59 Å². The van der Waals surface area contributed by atoms with Crippen LogP contribution in [0.3, 0.4) is 0 Å². The highest BCUT2D eigenvalue weighted by molar-refractivity contribution is 5.82. The number of carboxylic acid groups (broad SMARTS) is 1. The molecule has 7 nitrogen and oxygen atoms in total. The van der Waals surface area contributed by atoms with Gasteiger partial charge in [-0.3, -0.25) is 0 Å². The molecule has 0 aromatic carbocycles. The fraction of sp³-hybridized carbons (Fsp3) is 0.800. The number of carbonyl (C=O) groups is 2. The number of hydrogen-bond donors (Lipinski definition) is 4. The number of nitrogens with one attached hydrogen (secondary N) is 2. The van der Waals surface area contributed by atoms with Gasteiger partial charge in [-0.1, -0.05) is 0 Å². The first-order valence-corrected chi connectivity index (χ1v) is 5.57. The summed E-state index contributed by atoms with van der Waals surface area (Å²) in [4.78, 5) is 22.0. The number of hydrogen-bond acceptors (Lipinski definition) is 4. The number of aliphatic carboxylic acids is 1. The van der Waals surface area contributed by atoms with Crippen LogP contribution in [0.15, 0.2) is 0 Å². The molecule has 0 aromatic heterocycles. The van der Waals surface area contributed by atoms with Crippen molar-refractivity contribution in [3.63, 3.8) is 0 Å². The first kappa shape index (κ1) is 13.7. The van der Waals surface area contributed by atoms with Gasteiger partial charge in [0.15, 0.2) is 6.04 Å². The number of aliphatic hydroxyl groups is 1. The third kappa shape index (κ3) is 4.20. The lowest BCUT2D eigenvalue weighted by Gasteiger charge is -2.21. The summed E-state index contributed by atoms with van der Waals surface area (Å²) in [5.41, 5.74) is 0. The minimum absolute atomic E-state index is 0.0295. The van der Waals surface area contributed by atoms with E-state index in [1.54, 1.807) is 6.92 Å². The molecule has 0 aromatic rings. The van der Waals surface area contributed by atoms with Crippen LogP contribution < -0.4 is 10.6 Å². The number of carbonyl (C=O) groups excluding carboxylic acids is 1. The minimum Gasteiger partial charge on any atom is -0.480 e. The van der Waals surface area contributed by atoms with Crippen molar-refractivity contribution in [2.24, 2.45) is 0 Å². The second-order valence-corrected chi connectivity index (χ2v) is 4.03. The predicted molar refractivity (Wildman–Crippen MR) is 58.6 cm³/mol. The quantitative estimate of drug-likeness (QED) is 0.513. The van der Waals surface area contributed by atoms with Gasteiger partial charge >= 0.3 is 12.0 Å². The Labute approximate surface area is 99.1 Å². The zero-order valence-electron chi connectivity index (χ0n) is 9.68. The van der Waals surface area contributed by atoms with Crippen LogP contribution in [0.1, 0.15) is 19.8 Å². The molecule has 0 spiro atoms. The summed E-state index contributed by atoms with van der Waals surface area (Å²) < 4.78 is 5.39. The van der Waals surface area contributed by atoms with Crippen molar-refractivity contribution >= 4 is 12.0 Å². The first-order valence-electron chi connectivity index (χ1n) is 5.57. The summed E-state index contributed by atoms with van der Waals surface area (Å²) in [6.07, 6.45) is 1.81. The Bertz CT molecular complexity index is 278. The fourth-order valence-electron chi connectivity index (χ4n) is 1.68. The third-order valence-electron chi connectivity index (χ3n) is 2.67. The van der Waals surface area contributed by atoms with E-state index in [4.69, 9.17) is 14.9 Å². The molecular weight excluding hydrogens is 228 g/mol. The van der Waals surface area contributed by atoms with Crippen molar-refractivity contribution in [2.75, 3.05) is 13.2 Å². The van der Waals surface area contributed by atoms with Crippen molar-refractivity contribution in [2.45, 2.75) is 38.0 Å². The van der Waals surface area contributed by atoms with E-state index in [-0.39, 0.29) is 12.1 Å². The Hall–Kier alpha value is -1.34. The van der Waals surface area contributed by atoms with E-state index in [1.807, 2.05) is 0 Å². The monoisotopic (exact) mass is 246 g/mol. The number of ether oxygens (including phenoxy) is 1. The van der Waals surface area contributed by atoms with Gasteiger partial charge in [-0.25, -0.2) is 9.59 Å². The Morgan fingerprint density at radius 1 is 1.47 bits per heavy atom. The largest absolute Gasteiger partial charge is 0.480 e. The minimum atomic E-state index is -1.29. The van der Waals surface area contributed by atoms with Gasteiger partial charge in [0.25, 0.3) is 0 Å². The lowest BCUT2D eigenvalue weighted by Crippen LogP contribution is -2.52. The molecule has 1 rings (SSSR count). The Morgan fingerprint density at radius 3 is 2.65 bits per heavy atom. The molecule has 1 aliphatic rings. The number of amides is 2. The Kier molecular flexibility index (Phi) is 5.17. The van der Waals surface area contributed by atoms with E-state index < -0.39 is 24.6 Å². The van der Waals surface area contributed by atoms with Crippen LogP contribution in [0.25, 0.3) is 0 Å². The molecule has 0 aliphatic carbocycles. The van der Waals surface area contributed by atoms with Gasteiger partial charge in [0, 0.05) is 6.61 Å². The zero-order valence-corrected chi connectivity index (χ0v) is 9.68. The van der Waals surface area contributed by atoms with E-state index >= 15 is 0 Å². The molecule has 2 unspecified atom stereocenters. The highest BCUT2D eigenvalue weighted by Gasteiger charge is 2.25. The van der Waals surface area contributed by atoms with Crippen LogP contribution in [0, 0.1) is 0 Å². The average molecular weight is 246 g/mol. The maximum absolute atomic E-state index is 11.4. The Balaban J connectivity index is 2.35. The summed E-state index contributed by atoms with van der Waals surface area (Å²) >= 11 is 0. The fourth-order valence-corrected chi connectivity index (χ4v) is 1.68. The number of rotatable bonds is 5. The van der Waals surface area contributed by atoms with Crippen LogP contribution in [0.2, 0.25) is 0 Å². The average Bonchev–Trinajstić information content (AvgIpc) is 2.78. The molecular formula is C10H18N2O5. The summed E-state index contributed by atoms with van der Waals surface area (Å²) in [6.45, 7) is 1.84. The molecule has 17 heavy (non-hydrogen) atoms. The van der Waals surface area contributed by atoms with Crippen molar-refractivity contribution in [1.29, 1.82) is 0 Å². The molecule has 0 bridgehead atoms. The molecule has 7 heteroatoms. The van der Waals surface area contributed by atoms with Gasteiger partial charge < -0.3 is 25.6 Å². The molecule has 98 valence electrons. The van der Waals surface area contributed by atoms with Gasteiger partial charge in [-0.2, -0.15) is 0 Å². The van der Waals surface area contributed by atoms with E-state index in [2.05, 4.69) is 10.6 Å². The first-order chi connectivity index (χ1) is 8.04. The maximum atomic E-state index is 11.4. The molecule has 1 fully saturated rings. The molecule has 0 radical (unpaired) electrons. The highest BCUT2D eigenvalue weighted by Crippen LogP contribution is 2.15. The van der Waals surface area contributed by atoms with E-state index in [1.165, 1.54) is 0 Å². The molecule has 1 heterocycles. The van der Waals surface area contributed by atoms with Crippen LogP contribution in [0.4, 0.5) is 4.79 Å². The summed E-state index contributed by atoms with van der Waals surface area (Å²) in [7, 11) is 0. The van der Waals surface area contributed by atoms with Gasteiger partial charge in [-0.15, -0.1) is 0 Å². The summed E-state index contributed by atoms with van der Waals surface area (Å²) in [6, 6.07) is -2.09. The number of aliphatic hydroxyl groups excluding tert-OH is 1.